The summed E-state index contributed by atoms with van der Waals surface area (Å²) in [4.78, 5) is 17.2. The van der Waals surface area contributed by atoms with Crippen molar-refractivity contribution < 1.29 is 19.0 Å². The number of urea groups is 1. The topological polar surface area (TPSA) is 93.7 Å². The number of amides is 2. The van der Waals surface area contributed by atoms with Gasteiger partial charge in [-0.3, -0.25) is 4.98 Å². The molecule has 0 fully saturated rings. The number of carbonyl (C=O) groups is 1. The number of methoxy groups -OCH3 is 2. The number of anilines is 3. The molecule has 0 saturated heterocycles. The fraction of sp³-hybridized carbons (Fsp3) is 0.214. The van der Waals surface area contributed by atoms with Gasteiger partial charge in [0.15, 0.2) is 11.5 Å². The summed E-state index contributed by atoms with van der Waals surface area (Å²) < 4.78 is 18.1. The lowest BCUT2D eigenvalue weighted by atomic mass is 9.96. The second kappa shape index (κ2) is 9.65. The summed E-state index contributed by atoms with van der Waals surface area (Å²) in [7, 11) is 3.26. The van der Waals surface area contributed by atoms with Crippen LogP contribution in [0.2, 0.25) is 0 Å². The van der Waals surface area contributed by atoms with Crippen molar-refractivity contribution in [2.24, 2.45) is 0 Å². The molecule has 3 N–H and O–H groups in total. The third kappa shape index (κ3) is 4.33. The van der Waals surface area contributed by atoms with Crippen molar-refractivity contribution in [2.75, 3.05) is 30.2 Å². The molecule has 8 heteroatoms. The first-order chi connectivity index (χ1) is 17.5. The van der Waals surface area contributed by atoms with Crippen LogP contribution in [0.25, 0.3) is 10.9 Å². The van der Waals surface area contributed by atoms with Gasteiger partial charge in [-0.05, 0) is 55.3 Å². The van der Waals surface area contributed by atoms with Gasteiger partial charge >= 0.3 is 6.03 Å². The molecule has 0 spiro atoms. The van der Waals surface area contributed by atoms with Crippen LogP contribution in [-0.2, 0) is 0 Å². The average molecular weight is 485 g/mol. The van der Waals surface area contributed by atoms with Crippen LogP contribution in [0, 0.1) is 6.92 Å². The molecule has 8 nitrogen and oxygen atoms in total. The number of ether oxygens (including phenoxy) is 3. The van der Waals surface area contributed by atoms with Crippen molar-refractivity contribution in [3.05, 3.63) is 71.9 Å². The highest BCUT2D eigenvalue weighted by atomic mass is 16.5. The second-order valence-corrected chi connectivity index (χ2v) is 8.57. The van der Waals surface area contributed by atoms with E-state index in [0.717, 1.165) is 34.1 Å². The summed E-state index contributed by atoms with van der Waals surface area (Å²) in [5.74, 6) is 2.47. The Morgan fingerprint density at radius 2 is 1.64 bits per heavy atom. The molecule has 184 valence electrons. The van der Waals surface area contributed by atoms with Gasteiger partial charge < -0.3 is 30.2 Å². The summed E-state index contributed by atoms with van der Waals surface area (Å²) >= 11 is 0. The van der Waals surface area contributed by atoms with Crippen LogP contribution in [0.1, 0.15) is 30.5 Å². The standard InChI is InChI=1S/C28H28N4O4/c1-5-20-26-25-21(15-24(34-3)27(26)35-4)29-13-12-22(25)36-23-14-19(7-6-16(23)2)32-28(33)31-18-10-8-17(30-20)9-11-18/h6-15,20,30H,5H2,1-4H3,(H2,31,32,33)/t20-/m0/s1. The Morgan fingerprint density at radius 3 is 2.36 bits per heavy atom. The first-order valence-electron chi connectivity index (χ1n) is 11.8. The van der Waals surface area contributed by atoms with E-state index in [1.54, 1.807) is 20.4 Å². The van der Waals surface area contributed by atoms with E-state index in [0.29, 0.717) is 34.4 Å². The molecule has 36 heavy (non-hydrogen) atoms. The van der Waals surface area contributed by atoms with Crippen molar-refractivity contribution in [1.82, 2.24) is 4.98 Å². The summed E-state index contributed by atoms with van der Waals surface area (Å²) in [6.07, 6.45) is 2.47. The Hall–Kier alpha value is -4.46. The Labute approximate surface area is 209 Å². The van der Waals surface area contributed by atoms with Crippen LogP contribution in [0.5, 0.6) is 23.0 Å². The first kappa shape index (κ1) is 23.3. The maximum absolute atomic E-state index is 12.6. The van der Waals surface area contributed by atoms with Gasteiger partial charge in [0.25, 0.3) is 0 Å². The summed E-state index contributed by atoms with van der Waals surface area (Å²) in [5.41, 5.74) is 4.73. The maximum atomic E-state index is 12.6. The van der Waals surface area contributed by atoms with E-state index in [1.165, 1.54) is 0 Å². The largest absolute Gasteiger partial charge is 0.493 e. The molecule has 3 heterocycles. The maximum Gasteiger partial charge on any atom is 0.323 e. The van der Waals surface area contributed by atoms with Crippen molar-refractivity contribution in [2.45, 2.75) is 26.3 Å². The number of hydrogen-bond acceptors (Lipinski definition) is 6. The highest BCUT2D eigenvalue weighted by molar-refractivity contribution is 6.00. The number of fused-ring (bicyclic) bond motifs is 5. The van der Waals surface area contributed by atoms with E-state index in [-0.39, 0.29) is 12.1 Å². The third-order valence-corrected chi connectivity index (χ3v) is 6.28. The quantitative estimate of drug-likeness (QED) is 0.294. The molecule has 0 unspecified atom stereocenters. The van der Waals surface area contributed by atoms with Crippen molar-refractivity contribution in [1.29, 1.82) is 0 Å². The molecule has 3 aromatic carbocycles. The van der Waals surface area contributed by atoms with Crippen LogP contribution in [0.4, 0.5) is 21.9 Å². The predicted molar refractivity (Wildman–Crippen MR) is 142 cm³/mol. The van der Waals surface area contributed by atoms with Crippen LogP contribution >= 0.6 is 0 Å². The minimum absolute atomic E-state index is 0.147. The average Bonchev–Trinajstić information content (AvgIpc) is 2.88. The molecule has 4 bridgehead atoms. The number of aromatic nitrogens is 1. The molecule has 0 saturated carbocycles. The van der Waals surface area contributed by atoms with Crippen LogP contribution < -0.4 is 30.2 Å². The van der Waals surface area contributed by atoms with Gasteiger partial charge in [0, 0.05) is 41.0 Å². The Balaban J connectivity index is 1.80. The number of nitrogens with zero attached hydrogens (tertiary/aromatic N) is 1. The van der Waals surface area contributed by atoms with Gasteiger partial charge in [-0.15, -0.1) is 0 Å². The van der Waals surface area contributed by atoms with Crippen molar-refractivity contribution in [3.63, 3.8) is 0 Å². The third-order valence-electron chi connectivity index (χ3n) is 6.28. The van der Waals surface area contributed by atoms with Crippen LogP contribution in [0.15, 0.2) is 60.8 Å². The zero-order valence-electron chi connectivity index (χ0n) is 20.6. The number of benzene rings is 3. The Bertz CT molecular complexity index is 1440. The molecule has 0 radical (unpaired) electrons. The number of pyridine rings is 1. The first-order valence-corrected chi connectivity index (χ1v) is 11.8. The lowest BCUT2D eigenvalue weighted by Crippen LogP contribution is -2.19. The lowest BCUT2D eigenvalue weighted by Gasteiger charge is -2.25. The summed E-state index contributed by atoms with van der Waals surface area (Å²) in [6.45, 7) is 4.06. The van der Waals surface area contributed by atoms with Gasteiger partial charge in [0.05, 0.1) is 31.2 Å². The van der Waals surface area contributed by atoms with Crippen LogP contribution in [0.3, 0.4) is 0 Å². The fourth-order valence-corrected chi connectivity index (χ4v) is 4.48. The SMILES string of the molecule is CC[C@@H]1Nc2ccc(cc2)NC(=O)Nc2ccc(C)c(c2)Oc2ccnc3cc(OC)c(OC)c1c23. The molecule has 1 aromatic heterocycles. The summed E-state index contributed by atoms with van der Waals surface area (Å²) in [6, 6.07) is 16.4. The van der Waals surface area contributed by atoms with E-state index in [1.807, 2.05) is 61.5 Å². The van der Waals surface area contributed by atoms with Crippen molar-refractivity contribution >= 4 is 34.0 Å². The van der Waals surface area contributed by atoms with E-state index in [9.17, 15) is 4.79 Å². The Morgan fingerprint density at radius 1 is 0.917 bits per heavy atom. The Kier molecular flexibility index (Phi) is 6.25. The summed E-state index contributed by atoms with van der Waals surface area (Å²) in [5, 5.41) is 10.2. The number of carbonyl (C=O) groups excluding carboxylic acids is 1. The van der Waals surface area contributed by atoms with Gasteiger partial charge in [-0.25, -0.2) is 4.79 Å². The van der Waals surface area contributed by atoms with Crippen molar-refractivity contribution in [3.8, 4) is 23.0 Å². The van der Waals surface area contributed by atoms with Gasteiger partial charge in [-0.2, -0.15) is 0 Å². The van der Waals surface area contributed by atoms with E-state index < -0.39 is 0 Å². The normalized spacial score (nSPS) is 14.9. The van der Waals surface area contributed by atoms with Gasteiger partial charge in [-0.1, -0.05) is 13.0 Å². The van der Waals surface area contributed by atoms with E-state index in [2.05, 4.69) is 27.9 Å². The molecular weight excluding hydrogens is 456 g/mol. The van der Waals surface area contributed by atoms with Gasteiger partial charge in [0.1, 0.15) is 11.5 Å². The zero-order chi connectivity index (χ0) is 25.2. The predicted octanol–water partition coefficient (Wildman–Crippen LogP) is 6.87. The molecule has 0 aliphatic carbocycles. The molecule has 2 amide bonds. The second-order valence-electron chi connectivity index (χ2n) is 8.57. The number of aryl methyl sites for hydroxylation is 1. The lowest BCUT2D eigenvalue weighted by molar-refractivity contribution is 0.262. The number of nitrogens with one attached hydrogen (secondary N) is 3. The highest BCUT2D eigenvalue weighted by Gasteiger charge is 2.25. The fourth-order valence-electron chi connectivity index (χ4n) is 4.48. The molecule has 6 rings (SSSR count). The van der Waals surface area contributed by atoms with Crippen LogP contribution in [-0.4, -0.2) is 25.2 Å². The smallest absolute Gasteiger partial charge is 0.323 e. The number of hydrogen-bond donors (Lipinski definition) is 3. The van der Waals surface area contributed by atoms with Gasteiger partial charge in [0.2, 0.25) is 0 Å². The van der Waals surface area contributed by atoms with E-state index in [4.69, 9.17) is 14.2 Å². The monoisotopic (exact) mass is 484 g/mol. The minimum atomic E-state index is -0.336. The zero-order valence-corrected chi connectivity index (χ0v) is 20.6. The minimum Gasteiger partial charge on any atom is -0.493 e. The molecule has 2 aliphatic heterocycles. The molecule has 2 aliphatic rings. The number of rotatable bonds is 3. The highest BCUT2D eigenvalue weighted by Crippen LogP contribution is 2.46. The molecular formula is C28H28N4O4. The molecule has 1 atom stereocenters. The van der Waals surface area contributed by atoms with E-state index >= 15 is 0 Å². The molecule has 4 aromatic rings.